The molecule has 1 heterocycles. The largest absolute Gasteiger partial charge is 0.481 e. The molecule has 122 valence electrons. The van der Waals surface area contributed by atoms with E-state index in [9.17, 15) is 4.79 Å². The Morgan fingerprint density at radius 1 is 1.32 bits per heavy atom. The van der Waals surface area contributed by atoms with E-state index in [2.05, 4.69) is 10.6 Å². The third-order valence-electron chi connectivity index (χ3n) is 4.18. The number of amides is 1. The van der Waals surface area contributed by atoms with Crippen LogP contribution in [0.4, 0.5) is 0 Å². The van der Waals surface area contributed by atoms with Crippen LogP contribution < -0.4 is 15.4 Å². The quantitative estimate of drug-likeness (QED) is 0.803. The van der Waals surface area contributed by atoms with E-state index in [0.29, 0.717) is 18.9 Å². The fourth-order valence-electron chi connectivity index (χ4n) is 2.81. The van der Waals surface area contributed by atoms with Crippen LogP contribution >= 0.6 is 0 Å². The minimum absolute atomic E-state index is 0.0299. The van der Waals surface area contributed by atoms with E-state index < -0.39 is 6.10 Å². The predicted octanol–water partition coefficient (Wildman–Crippen LogP) is 1.59. The highest BCUT2D eigenvalue weighted by molar-refractivity contribution is 5.80. The number of carbonyl (C=O) groups excluding carboxylic acids is 1. The molecule has 0 aromatic heterocycles. The van der Waals surface area contributed by atoms with Gasteiger partial charge in [-0.2, -0.15) is 0 Å². The first-order valence-electron chi connectivity index (χ1n) is 7.84. The molecule has 2 rings (SSSR count). The Balaban J connectivity index is 1.85. The number of ether oxygens (including phenoxy) is 2. The molecule has 1 fully saturated rings. The minimum Gasteiger partial charge on any atom is -0.481 e. The normalized spacial score (nSPS) is 18.5. The standard InChI is InChI=1S/C17H26N2O3/c1-14(22-15-6-4-3-5-7-15)16(20)19-12-17(13-21-2)8-10-18-11-9-17/h3-7,14,18H,8-13H2,1-2H3,(H,19,20). The highest BCUT2D eigenvalue weighted by atomic mass is 16.5. The Kier molecular flexibility index (Phi) is 6.21. The van der Waals surface area contributed by atoms with Crippen molar-refractivity contribution in [2.24, 2.45) is 5.41 Å². The molecule has 0 aliphatic carbocycles. The highest BCUT2D eigenvalue weighted by Crippen LogP contribution is 2.28. The van der Waals surface area contributed by atoms with Gasteiger partial charge in [0.2, 0.25) is 0 Å². The van der Waals surface area contributed by atoms with Crippen molar-refractivity contribution < 1.29 is 14.3 Å². The van der Waals surface area contributed by atoms with E-state index in [1.165, 1.54) is 0 Å². The van der Waals surface area contributed by atoms with Gasteiger partial charge in [-0.05, 0) is 45.0 Å². The van der Waals surface area contributed by atoms with Crippen LogP contribution in [0.1, 0.15) is 19.8 Å². The second-order valence-corrected chi connectivity index (χ2v) is 5.97. The van der Waals surface area contributed by atoms with Crippen LogP contribution in [-0.4, -0.2) is 45.4 Å². The van der Waals surface area contributed by atoms with Gasteiger partial charge in [-0.1, -0.05) is 18.2 Å². The van der Waals surface area contributed by atoms with Crippen molar-refractivity contribution in [2.45, 2.75) is 25.9 Å². The van der Waals surface area contributed by atoms with E-state index in [-0.39, 0.29) is 11.3 Å². The van der Waals surface area contributed by atoms with Gasteiger partial charge in [0.25, 0.3) is 5.91 Å². The number of benzene rings is 1. The summed E-state index contributed by atoms with van der Waals surface area (Å²) in [6, 6.07) is 9.40. The van der Waals surface area contributed by atoms with Gasteiger partial charge in [-0.15, -0.1) is 0 Å². The summed E-state index contributed by atoms with van der Waals surface area (Å²) < 4.78 is 11.0. The maximum Gasteiger partial charge on any atom is 0.260 e. The predicted molar refractivity (Wildman–Crippen MR) is 86.0 cm³/mol. The molecule has 0 bridgehead atoms. The Bertz CT molecular complexity index is 453. The van der Waals surface area contributed by atoms with Gasteiger partial charge in [-0.3, -0.25) is 4.79 Å². The van der Waals surface area contributed by atoms with E-state index in [0.717, 1.165) is 25.9 Å². The first-order chi connectivity index (χ1) is 10.7. The summed E-state index contributed by atoms with van der Waals surface area (Å²) >= 11 is 0. The number of piperidine rings is 1. The SMILES string of the molecule is COCC1(CNC(=O)C(C)Oc2ccccc2)CCNCC1. The summed E-state index contributed by atoms with van der Waals surface area (Å²) in [4.78, 5) is 12.2. The molecule has 5 heteroatoms. The maximum absolute atomic E-state index is 12.2. The molecule has 0 spiro atoms. The second-order valence-electron chi connectivity index (χ2n) is 5.97. The van der Waals surface area contributed by atoms with E-state index in [1.54, 1.807) is 14.0 Å². The average Bonchev–Trinajstić information content (AvgIpc) is 2.55. The smallest absolute Gasteiger partial charge is 0.260 e. The van der Waals surface area contributed by atoms with Gasteiger partial charge >= 0.3 is 0 Å². The van der Waals surface area contributed by atoms with Crippen molar-refractivity contribution in [2.75, 3.05) is 33.4 Å². The van der Waals surface area contributed by atoms with Gasteiger partial charge < -0.3 is 20.1 Å². The lowest BCUT2D eigenvalue weighted by atomic mass is 9.79. The van der Waals surface area contributed by atoms with Crippen molar-refractivity contribution in [1.29, 1.82) is 0 Å². The molecule has 1 unspecified atom stereocenters. The number of carbonyl (C=O) groups is 1. The lowest BCUT2D eigenvalue weighted by Crippen LogP contribution is -2.49. The van der Waals surface area contributed by atoms with Gasteiger partial charge in [0.1, 0.15) is 5.75 Å². The van der Waals surface area contributed by atoms with Crippen LogP contribution in [0, 0.1) is 5.41 Å². The fourth-order valence-corrected chi connectivity index (χ4v) is 2.81. The maximum atomic E-state index is 12.2. The van der Waals surface area contributed by atoms with Crippen molar-refractivity contribution in [3.05, 3.63) is 30.3 Å². The zero-order chi connectivity index (χ0) is 15.8. The topological polar surface area (TPSA) is 59.6 Å². The average molecular weight is 306 g/mol. The van der Waals surface area contributed by atoms with Crippen LogP contribution in [0.25, 0.3) is 0 Å². The van der Waals surface area contributed by atoms with Crippen molar-refractivity contribution in [1.82, 2.24) is 10.6 Å². The number of hydrogen-bond acceptors (Lipinski definition) is 4. The molecule has 1 aromatic carbocycles. The molecular formula is C17H26N2O3. The number of para-hydroxylation sites is 1. The first kappa shape index (κ1) is 16.8. The fraction of sp³-hybridized carbons (Fsp3) is 0.588. The Hall–Kier alpha value is -1.59. The minimum atomic E-state index is -0.510. The van der Waals surface area contributed by atoms with Crippen LogP contribution in [0.5, 0.6) is 5.75 Å². The highest BCUT2D eigenvalue weighted by Gasteiger charge is 2.33. The molecule has 22 heavy (non-hydrogen) atoms. The van der Waals surface area contributed by atoms with Crippen molar-refractivity contribution in [3.63, 3.8) is 0 Å². The van der Waals surface area contributed by atoms with Crippen molar-refractivity contribution in [3.8, 4) is 5.75 Å². The summed E-state index contributed by atoms with van der Waals surface area (Å²) in [5.41, 5.74) is 0.0299. The van der Waals surface area contributed by atoms with E-state index in [4.69, 9.17) is 9.47 Å². The third kappa shape index (κ3) is 4.71. The zero-order valence-corrected chi connectivity index (χ0v) is 13.4. The van der Waals surface area contributed by atoms with Gasteiger partial charge in [0.05, 0.1) is 6.61 Å². The molecule has 1 aliphatic rings. The summed E-state index contributed by atoms with van der Waals surface area (Å²) in [5.74, 6) is 0.622. The molecule has 2 N–H and O–H groups in total. The monoisotopic (exact) mass is 306 g/mol. The summed E-state index contributed by atoms with van der Waals surface area (Å²) in [6.45, 7) is 5.01. The van der Waals surface area contributed by atoms with E-state index in [1.807, 2.05) is 30.3 Å². The molecule has 0 saturated carbocycles. The van der Waals surface area contributed by atoms with Crippen molar-refractivity contribution >= 4 is 5.91 Å². The number of rotatable bonds is 7. The Morgan fingerprint density at radius 3 is 2.64 bits per heavy atom. The zero-order valence-electron chi connectivity index (χ0n) is 13.4. The lowest BCUT2D eigenvalue weighted by Gasteiger charge is -2.37. The number of nitrogens with one attached hydrogen (secondary N) is 2. The molecule has 5 nitrogen and oxygen atoms in total. The van der Waals surface area contributed by atoms with Crippen LogP contribution in [0.2, 0.25) is 0 Å². The van der Waals surface area contributed by atoms with Crippen LogP contribution in [0.3, 0.4) is 0 Å². The molecular weight excluding hydrogens is 280 g/mol. The molecule has 1 aromatic rings. The Morgan fingerprint density at radius 2 is 2.00 bits per heavy atom. The molecule has 0 radical (unpaired) electrons. The number of hydrogen-bond donors (Lipinski definition) is 2. The lowest BCUT2D eigenvalue weighted by molar-refractivity contribution is -0.128. The second kappa shape index (κ2) is 8.15. The van der Waals surface area contributed by atoms with Gasteiger partial charge in [-0.25, -0.2) is 0 Å². The van der Waals surface area contributed by atoms with Crippen LogP contribution in [0.15, 0.2) is 30.3 Å². The van der Waals surface area contributed by atoms with E-state index >= 15 is 0 Å². The Labute approximate surface area is 132 Å². The summed E-state index contributed by atoms with van der Waals surface area (Å²) in [7, 11) is 1.72. The first-order valence-corrected chi connectivity index (χ1v) is 7.84. The van der Waals surface area contributed by atoms with Gasteiger partial charge in [0, 0.05) is 19.1 Å². The molecule has 1 aliphatic heterocycles. The summed E-state index contributed by atoms with van der Waals surface area (Å²) in [6.07, 6.45) is 1.51. The van der Waals surface area contributed by atoms with Crippen LogP contribution in [-0.2, 0) is 9.53 Å². The third-order valence-corrected chi connectivity index (χ3v) is 4.18. The summed E-state index contributed by atoms with van der Waals surface area (Å²) in [5, 5.41) is 6.37. The molecule has 1 saturated heterocycles. The molecule has 1 atom stereocenters. The van der Waals surface area contributed by atoms with Gasteiger partial charge in [0.15, 0.2) is 6.10 Å². The number of methoxy groups -OCH3 is 1. The molecule has 1 amide bonds.